The number of carbonyl (C=O) groups excluding carboxylic acids is 1. The highest BCUT2D eigenvalue weighted by Crippen LogP contribution is 2.14. The molecule has 5 nitrogen and oxygen atoms in total. The quantitative estimate of drug-likeness (QED) is 0.803. The number of rotatable bonds is 3. The molecule has 1 fully saturated rings. The van der Waals surface area contributed by atoms with E-state index in [9.17, 15) is 13.6 Å². The van der Waals surface area contributed by atoms with Crippen LogP contribution in [0.25, 0.3) is 6.08 Å². The maximum absolute atomic E-state index is 13.6. The summed E-state index contributed by atoms with van der Waals surface area (Å²) in [6, 6.07) is 6.96. The summed E-state index contributed by atoms with van der Waals surface area (Å²) in [6.45, 7) is 4.23. The van der Waals surface area contributed by atoms with E-state index in [2.05, 4.69) is 15.1 Å². The molecule has 0 bridgehead atoms. The molecule has 7 heteroatoms. The number of piperazine rings is 1. The number of aromatic nitrogens is 2. The third-order valence-electron chi connectivity index (χ3n) is 4.06. The SMILES string of the molecule is Cc1ccc(N2CCN(C(=O)/C=C/c3cc(F)ccc3F)CC2)nn1. The number of hydrogen-bond donors (Lipinski definition) is 0. The predicted octanol–water partition coefficient (Wildman–Crippen LogP) is 2.43. The van der Waals surface area contributed by atoms with Crippen molar-refractivity contribution in [3.8, 4) is 0 Å². The number of benzene rings is 1. The van der Waals surface area contributed by atoms with Crippen LogP contribution >= 0.6 is 0 Å². The molecule has 0 saturated carbocycles. The van der Waals surface area contributed by atoms with Gasteiger partial charge in [-0.3, -0.25) is 4.79 Å². The normalized spacial score (nSPS) is 15.0. The second kappa shape index (κ2) is 7.38. The molecule has 2 aromatic rings. The average molecular weight is 344 g/mol. The Hall–Kier alpha value is -2.83. The summed E-state index contributed by atoms with van der Waals surface area (Å²) >= 11 is 0. The van der Waals surface area contributed by atoms with Crippen molar-refractivity contribution >= 4 is 17.8 Å². The number of hydrogen-bond acceptors (Lipinski definition) is 4. The van der Waals surface area contributed by atoms with Gasteiger partial charge in [0.2, 0.25) is 5.91 Å². The van der Waals surface area contributed by atoms with E-state index in [1.54, 1.807) is 4.90 Å². The highest BCUT2D eigenvalue weighted by Gasteiger charge is 2.20. The molecule has 0 aliphatic carbocycles. The van der Waals surface area contributed by atoms with Crippen LogP contribution in [-0.4, -0.2) is 47.2 Å². The molecule has 1 aliphatic heterocycles. The third-order valence-corrected chi connectivity index (χ3v) is 4.06. The molecular weight excluding hydrogens is 326 g/mol. The molecule has 130 valence electrons. The van der Waals surface area contributed by atoms with E-state index in [-0.39, 0.29) is 11.5 Å². The van der Waals surface area contributed by atoms with Crippen LogP contribution in [0.15, 0.2) is 36.4 Å². The summed E-state index contributed by atoms with van der Waals surface area (Å²) in [7, 11) is 0. The smallest absolute Gasteiger partial charge is 0.246 e. The minimum atomic E-state index is -0.562. The van der Waals surface area contributed by atoms with Crippen molar-refractivity contribution < 1.29 is 13.6 Å². The summed E-state index contributed by atoms with van der Waals surface area (Å²) in [5.74, 6) is -0.539. The van der Waals surface area contributed by atoms with Crippen molar-refractivity contribution in [2.45, 2.75) is 6.92 Å². The van der Waals surface area contributed by atoms with Crippen molar-refractivity contribution in [2.24, 2.45) is 0 Å². The largest absolute Gasteiger partial charge is 0.352 e. The van der Waals surface area contributed by atoms with Crippen LogP contribution in [0.1, 0.15) is 11.3 Å². The van der Waals surface area contributed by atoms with E-state index in [1.807, 2.05) is 19.1 Å². The fourth-order valence-corrected chi connectivity index (χ4v) is 2.63. The molecule has 0 atom stereocenters. The van der Waals surface area contributed by atoms with Gasteiger partial charge in [-0.25, -0.2) is 8.78 Å². The van der Waals surface area contributed by atoms with Gasteiger partial charge in [0.15, 0.2) is 5.82 Å². The maximum atomic E-state index is 13.6. The molecule has 0 spiro atoms. The van der Waals surface area contributed by atoms with Crippen molar-refractivity contribution in [3.63, 3.8) is 0 Å². The highest BCUT2D eigenvalue weighted by atomic mass is 19.1. The second-order valence-electron chi connectivity index (χ2n) is 5.84. The van der Waals surface area contributed by atoms with Crippen LogP contribution in [0.5, 0.6) is 0 Å². The van der Waals surface area contributed by atoms with Gasteiger partial charge >= 0.3 is 0 Å². The molecule has 0 N–H and O–H groups in total. The Labute approximate surface area is 144 Å². The first-order valence-corrected chi connectivity index (χ1v) is 8.00. The summed E-state index contributed by atoms with van der Waals surface area (Å²) in [5.41, 5.74) is 0.911. The van der Waals surface area contributed by atoms with Gasteiger partial charge in [-0.1, -0.05) is 0 Å². The van der Waals surface area contributed by atoms with Crippen molar-refractivity contribution in [3.05, 3.63) is 59.3 Å². The number of carbonyl (C=O) groups is 1. The topological polar surface area (TPSA) is 49.3 Å². The van der Waals surface area contributed by atoms with E-state index in [4.69, 9.17) is 0 Å². The Kier molecular flexibility index (Phi) is 5.02. The van der Waals surface area contributed by atoms with Gasteiger partial charge in [0.05, 0.1) is 5.69 Å². The fourth-order valence-electron chi connectivity index (χ4n) is 2.63. The molecule has 1 aromatic carbocycles. The van der Waals surface area contributed by atoms with Crippen molar-refractivity contribution in [1.29, 1.82) is 0 Å². The van der Waals surface area contributed by atoms with E-state index in [1.165, 1.54) is 12.2 Å². The van der Waals surface area contributed by atoms with Crippen LogP contribution < -0.4 is 4.90 Å². The zero-order chi connectivity index (χ0) is 17.8. The lowest BCUT2D eigenvalue weighted by atomic mass is 10.2. The second-order valence-corrected chi connectivity index (χ2v) is 5.84. The molecule has 2 heterocycles. The van der Waals surface area contributed by atoms with E-state index in [0.29, 0.717) is 26.2 Å². The summed E-state index contributed by atoms with van der Waals surface area (Å²) < 4.78 is 26.7. The lowest BCUT2D eigenvalue weighted by Gasteiger charge is -2.34. The zero-order valence-corrected chi connectivity index (χ0v) is 13.8. The van der Waals surface area contributed by atoms with Crippen LogP contribution in [-0.2, 0) is 4.79 Å². The molecule has 0 unspecified atom stereocenters. The maximum Gasteiger partial charge on any atom is 0.246 e. The van der Waals surface area contributed by atoms with Crippen LogP contribution in [0, 0.1) is 18.6 Å². The van der Waals surface area contributed by atoms with Gasteiger partial charge in [-0.05, 0) is 43.3 Å². The van der Waals surface area contributed by atoms with E-state index < -0.39 is 11.6 Å². The molecule has 1 amide bonds. The van der Waals surface area contributed by atoms with Crippen LogP contribution in [0.3, 0.4) is 0 Å². The minimum Gasteiger partial charge on any atom is -0.352 e. The van der Waals surface area contributed by atoms with Crippen molar-refractivity contribution in [2.75, 3.05) is 31.1 Å². The molecular formula is C18H18F2N4O. The molecule has 1 aliphatic rings. The van der Waals surface area contributed by atoms with E-state index >= 15 is 0 Å². The zero-order valence-electron chi connectivity index (χ0n) is 13.8. The summed E-state index contributed by atoms with van der Waals surface area (Å²) in [5, 5.41) is 8.18. The highest BCUT2D eigenvalue weighted by molar-refractivity contribution is 5.92. The standard InChI is InChI=1S/C18H18F2N4O/c1-13-2-6-17(22-21-13)23-8-10-24(11-9-23)18(25)7-3-14-12-15(19)4-5-16(14)20/h2-7,12H,8-11H2,1H3/b7-3+. The predicted molar refractivity (Wildman–Crippen MR) is 91.0 cm³/mol. The minimum absolute atomic E-state index is 0.0573. The number of halogens is 2. The third kappa shape index (κ3) is 4.17. The molecule has 25 heavy (non-hydrogen) atoms. The number of amides is 1. The van der Waals surface area contributed by atoms with Gasteiger partial charge in [0.25, 0.3) is 0 Å². The first-order chi connectivity index (χ1) is 12.0. The Morgan fingerprint density at radius 1 is 1.08 bits per heavy atom. The molecule has 1 saturated heterocycles. The van der Waals surface area contributed by atoms with Crippen LogP contribution in [0.4, 0.5) is 14.6 Å². The first kappa shape index (κ1) is 17.0. The Morgan fingerprint density at radius 2 is 1.84 bits per heavy atom. The van der Waals surface area contributed by atoms with Gasteiger partial charge in [0, 0.05) is 37.8 Å². The Morgan fingerprint density at radius 3 is 2.52 bits per heavy atom. The monoisotopic (exact) mass is 344 g/mol. The lowest BCUT2D eigenvalue weighted by Crippen LogP contribution is -2.48. The number of anilines is 1. The van der Waals surface area contributed by atoms with E-state index in [0.717, 1.165) is 29.7 Å². The lowest BCUT2D eigenvalue weighted by molar-refractivity contribution is -0.126. The molecule has 1 aromatic heterocycles. The number of nitrogens with zero attached hydrogens (tertiary/aromatic N) is 4. The molecule has 3 rings (SSSR count). The summed E-state index contributed by atoms with van der Waals surface area (Å²) in [6.07, 6.45) is 2.58. The van der Waals surface area contributed by atoms with Gasteiger partial charge in [0.1, 0.15) is 11.6 Å². The van der Waals surface area contributed by atoms with Gasteiger partial charge in [-0.2, -0.15) is 5.10 Å². The van der Waals surface area contributed by atoms with Gasteiger partial charge < -0.3 is 9.80 Å². The van der Waals surface area contributed by atoms with Crippen LogP contribution in [0.2, 0.25) is 0 Å². The Balaban J connectivity index is 1.59. The summed E-state index contributed by atoms with van der Waals surface area (Å²) in [4.78, 5) is 16.0. The first-order valence-electron chi connectivity index (χ1n) is 8.00. The Bertz CT molecular complexity index is 784. The van der Waals surface area contributed by atoms with Crippen molar-refractivity contribution in [1.82, 2.24) is 15.1 Å². The molecule has 0 radical (unpaired) electrons. The fraction of sp³-hybridized carbons (Fsp3) is 0.278. The number of aryl methyl sites for hydroxylation is 1. The van der Waals surface area contributed by atoms with Gasteiger partial charge in [-0.15, -0.1) is 5.10 Å². The average Bonchev–Trinajstić information content (AvgIpc) is 2.63.